The number of ether oxygens (including phenoxy) is 2. The van der Waals surface area contributed by atoms with Crippen molar-refractivity contribution >= 4 is 17.5 Å². The Morgan fingerprint density at radius 3 is 2.04 bits per heavy atom. The van der Waals surface area contributed by atoms with Crippen molar-refractivity contribution in [2.24, 2.45) is 5.73 Å². The molecule has 1 heterocycles. The van der Waals surface area contributed by atoms with Crippen LogP contribution in [-0.2, 0) is 19.1 Å². The largest absolute Gasteiger partial charge is 0.484 e. The smallest absolute Gasteiger partial charge is 0.255 e. The molecule has 6 nitrogen and oxygen atoms in total. The van der Waals surface area contributed by atoms with E-state index >= 15 is 0 Å². The second-order valence-corrected chi connectivity index (χ2v) is 7.09. The first-order valence-corrected chi connectivity index (χ1v) is 9.26. The third-order valence-corrected chi connectivity index (χ3v) is 5.24. The number of hydrogen-bond donors (Lipinski definition) is 1. The summed E-state index contributed by atoms with van der Waals surface area (Å²) in [7, 11) is 0. The molecular weight excluding hydrogens is 346 g/mol. The van der Waals surface area contributed by atoms with Gasteiger partial charge in [0, 0.05) is 42.7 Å². The maximum Gasteiger partial charge on any atom is 0.255 e. The summed E-state index contributed by atoms with van der Waals surface area (Å²) in [5.74, 6) is 1.14. The van der Waals surface area contributed by atoms with Crippen LogP contribution >= 0.6 is 0 Å². The summed E-state index contributed by atoms with van der Waals surface area (Å²) >= 11 is 0. The van der Waals surface area contributed by atoms with Crippen molar-refractivity contribution in [3.63, 3.8) is 0 Å². The lowest BCUT2D eigenvalue weighted by atomic mass is 9.73. The lowest BCUT2D eigenvalue weighted by molar-refractivity contribution is -0.120. The Hall–Kier alpha value is -2.89. The standard InChI is InChI=1S/C21H21NO5/c22-18(25)11-26-13-9-7-12(8-10-13)19-20-14(23)3-1-5-16(20)27-17-6-2-4-15(24)21(17)19/h7-10,19H,1-6,11H2,(H2,22,25). The van der Waals surface area contributed by atoms with Gasteiger partial charge in [0.2, 0.25) is 0 Å². The van der Waals surface area contributed by atoms with Gasteiger partial charge in [0.1, 0.15) is 17.3 Å². The molecule has 1 aromatic rings. The van der Waals surface area contributed by atoms with Crippen molar-refractivity contribution in [2.45, 2.75) is 44.4 Å². The van der Waals surface area contributed by atoms with Gasteiger partial charge >= 0.3 is 0 Å². The van der Waals surface area contributed by atoms with E-state index in [0.29, 0.717) is 29.7 Å². The zero-order valence-electron chi connectivity index (χ0n) is 15.0. The molecule has 0 radical (unpaired) electrons. The van der Waals surface area contributed by atoms with Gasteiger partial charge in [-0.05, 0) is 30.5 Å². The molecule has 140 valence electrons. The van der Waals surface area contributed by atoms with Crippen LogP contribution in [0.4, 0.5) is 0 Å². The van der Waals surface area contributed by atoms with Crippen LogP contribution in [0.5, 0.6) is 5.75 Å². The number of carbonyl (C=O) groups is 3. The Labute approximate surface area is 157 Å². The Morgan fingerprint density at radius 1 is 0.963 bits per heavy atom. The molecule has 1 amide bonds. The summed E-state index contributed by atoms with van der Waals surface area (Å²) in [6, 6.07) is 7.14. The summed E-state index contributed by atoms with van der Waals surface area (Å²) in [6.07, 6.45) is 3.97. The first-order chi connectivity index (χ1) is 13.0. The fourth-order valence-corrected chi connectivity index (χ4v) is 4.06. The van der Waals surface area contributed by atoms with E-state index in [1.54, 1.807) is 12.1 Å². The van der Waals surface area contributed by atoms with Gasteiger partial charge < -0.3 is 15.2 Å². The van der Waals surface area contributed by atoms with E-state index in [9.17, 15) is 14.4 Å². The Kier molecular flexibility index (Phi) is 4.56. The molecule has 0 fully saturated rings. The summed E-state index contributed by atoms with van der Waals surface area (Å²) in [5, 5.41) is 0. The van der Waals surface area contributed by atoms with E-state index < -0.39 is 5.91 Å². The van der Waals surface area contributed by atoms with Gasteiger partial charge in [-0.2, -0.15) is 0 Å². The van der Waals surface area contributed by atoms with E-state index in [1.165, 1.54) is 0 Å². The highest BCUT2D eigenvalue weighted by atomic mass is 16.5. The number of hydrogen-bond acceptors (Lipinski definition) is 5. The van der Waals surface area contributed by atoms with E-state index in [1.807, 2.05) is 12.1 Å². The molecule has 0 aromatic heterocycles. The Bertz CT molecular complexity index is 836. The fourth-order valence-electron chi connectivity index (χ4n) is 4.06. The van der Waals surface area contributed by atoms with Crippen LogP contribution in [0.25, 0.3) is 0 Å². The van der Waals surface area contributed by atoms with E-state index in [4.69, 9.17) is 15.2 Å². The topological polar surface area (TPSA) is 95.7 Å². The molecule has 0 saturated carbocycles. The van der Waals surface area contributed by atoms with Crippen molar-refractivity contribution in [2.75, 3.05) is 6.61 Å². The van der Waals surface area contributed by atoms with Gasteiger partial charge in [-0.25, -0.2) is 0 Å². The quantitative estimate of drug-likeness (QED) is 0.883. The van der Waals surface area contributed by atoms with Crippen LogP contribution in [0.3, 0.4) is 0 Å². The molecule has 1 aromatic carbocycles. The lowest BCUT2D eigenvalue weighted by Crippen LogP contribution is -2.30. The van der Waals surface area contributed by atoms with E-state index in [-0.39, 0.29) is 24.1 Å². The first-order valence-electron chi connectivity index (χ1n) is 9.26. The summed E-state index contributed by atoms with van der Waals surface area (Å²) in [6.45, 7) is -0.196. The minimum atomic E-state index is -0.547. The molecule has 0 saturated heterocycles. The van der Waals surface area contributed by atoms with Crippen LogP contribution in [0, 0.1) is 0 Å². The van der Waals surface area contributed by atoms with Crippen molar-refractivity contribution in [1.29, 1.82) is 0 Å². The van der Waals surface area contributed by atoms with E-state index in [0.717, 1.165) is 42.8 Å². The van der Waals surface area contributed by atoms with Crippen molar-refractivity contribution in [3.05, 3.63) is 52.5 Å². The van der Waals surface area contributed by atoms with Crippen LogP contribution in [0.1, 0.15) is 50.0 Å². The zero-order valence-corrected chi connectivity index (χ0v) is 15.0. The number of nitrogens with two attached hydrogens (primary N) is 1. The predicted molar refractivity (Wildman–Crippen MR) is 96.7 cm³/mol. The minimum absolute atomic E-state index is 0.0558. The lowest BCUT2D eigenvalue weighted by Gasteiger charge is -2.36. The molecule has 27 heavy (non-hydrogen) atoms. The molecule has 6 heteroatoms. The average molecular weight is 367 g/mol. The Morgan fingerprint density at radius 2 is 1.52 bits per heavy atom. The third kappa shape index (κ3) is 3.27. The van der Waals surface area contributed by atoms with Crippen LogP contribution < -0.4 is 10.5 Å². The van der Waals surface area contributed by atoms with Gasteiger partial charge in [-0.1, -0.05) is 12.1 Å². The molecule has 3 aliphatic rings. The summed E-state index contributed by atoms with van der Waals surface area (Å²) in [5.41, 5.74) is 7.21. The van der Waals surface area contributed by atoms with Gasteiger partial charge in [-0.15, -0.1) is 0 Å². The molecule has 4 rings (SSSR count). The van der Waals surface area contributed by atoms with Gasteiger partial charge in [0.05, 0.1) is 0 Å². The number of Topliss-reactive ketones (excluding diaryl/α,β-unsaturated/α-hetero) is 2. The molecule has 2 N–H and O–H groups in total. The van der Waals surface area contributed by atoms with Crippen LogP contribution in [0.15, 0.2) is 46.9 Å². The maximum absolute atomic E-state index is 12.7. The molecular formula is C21H21NO5. The number of rotatable bonds is 4. The number of primary amides is 1. The minimum Gasteiger partial charge on any atom is -0.484 e. The average Bonchev–Trinajstić information content (AvgIpc) is 2.66. The second kappa shape index (κ2) is 7.02. The first kappa shape index (κ1) is 17.5. The van der Waals surface area contributed by atoms with Crippen molar-refractivity contribution in [1.82, 2.24) is 0 Å². The highest BCUT2D eigenvalue weighted by Crippen LogP contribution is 2.47. The second-order valence-electron chi connectivity index (χ2n) is 7.09. The summed E-state index contributed by atoms with van der Waals surface area (Å²) in [4.78, 5) is 36.3. The summed E-state index contributed by atoms with van der Waals surface area (Å²) < 4.78 is 11.3. The SMILES string of the molecule is NC(=O)COc1ccc(C2C3=C(CCCC3=O)OC3=C2C(=O)CCC3)cc1. The zero-order chi connectivity index (χ0) is 19.0. The van der Waals surface area contributed by atoms with Gasteiger partial charge in [0.25, 0.3) is 5.91 Å². The normalized spacial score (nSPS) is 20.1. The molecule has 0 unspecified atom stereocenters. The maximum atomic E-state index is 12.7. The highest BCUT2D eigenvalue weighted by Gasteiger charge is 2.41. The Balaban J connectivity index is 1.74. The number of benzene rings is 1. The predicted octanol–water partition coefficient (Wildman–Crippen LogP) is 2.68. The molecule has 2 aliphatic carbocycles. The van der Waals surface area contributed by atoms with Crippen molar-refractivity contribution < 1.29 is 23.9 Å². The van der Waals surface area contributed by atoms with Gasteiger partial charge in [-0.3, -0.25) is 14.4 Å². The molecule has 0 spiro atoms. The van der Waals surface area contributed by atoms with E-state index in [2.05, 4.69) is 0 Å². The van der Waals surface area contributed by atoms with Crippen molar-refractivity contribution in [3.8, 4) is 5.75 Å². The van der Waals surface area contributed by atoms with Gasteiger partial charge in [0.15, 0.2) is 18.2 Å². The molecule has 1 aliphatic heterocycles. The molecule has 0 atom stereocenters. The number of amides is 1. The van der Waals surface area contributed by atoms with Crippen LogP contribution in [-0.4, -0.2) is 24.1 Å². The monoisotopic (exact) mass is 367 g/mol. The van der Waals surface area contributed by atoms with Crippen LogP contribution in [0.2, 0.25) is 0 Å². The molecule has 0 bridgehead atoms. The number of ketones is 2. The number of carbonyl (C=O) groups excluding carboxylic acids is 3. The third-order valence-electron chi connectivity index (χ3n) is 5.24. The highest BCUT2D eigenvalue weighted by molar-refractivity contribution is 6.05. The number of allylic oxidation sites excluding steroid dienone is 4. The fraction of sp³-hybridized carbons (Fsp3) is 0.381.